The van der Waals surface area contributed by atoms with Crippen molar-refractivity contribution >= 4 is 59.4 Å². The summed E-state index contributed by atoms with van der Waals surface area (Å²) >= 11 is 11.7. The van der Waals surface area contributed by atoms with Gasteiger partial charge in [0, 0.05) is 6.54 Å². The van der Waals surface area contributed by atoms with Gasteiger partial charge in [0.25, 0.3) is 15.9 Å². The number of nitrogens with zero attached hydrogens (tertiary/aromatic N) is 2. The fourth-order valence-electron chi connectivity index (χ4n) is 1.87. The average molecular weight is 540 g/mol. The summed E-state index contributed by atoms with van der Waals surface area (Å²) in [6, 6.07) is 5.46. The van der Waals surface area contributed by atoms with Gasteiger partial charge in [0.1, 0.15) is 9.50 Å². The van der Waals surface area contributed by atoms with Crippen molar-refractivity contribution in [3.8, 4) is 0 Å². The highest BCUT2D eigenvalue weighted by Gasteiger charge is 2.30. The van der Waals surface area contributed by atoms with Crippen LogP contribution in [0.15, 0.2) is 38.5 Å². The molecule has 2 rings (SSSR count). The molecule has 1 amide bonds. The van der Waals surface area contributed by atoms with E-state index in [1.807, 2.05) is 0 Å². The molecule has 0 aliphatic carbocycles. The number of carbonyl (C=O) groups is 1. The molecule has 0 fully saturated rings. The molecule has 0 saturated heterocycles. The molecule has 0 spiro atoms. The number of hydrogen-bond donors (Lipinski definition) is 1. The first-order valence-corrected chi connectivity index (χ1v) is 10.2. The van der Waals surface area contributed by atoms with Crippen LogP contribution in [0.2, 0.25) is 5.02 Å². The molecule has 0 aliphatic rings. The molecule has 1 N–H and O–H groups in total. The minimum absolute atomic E-state index is 0.0612. The van der Waals surface area contributed by atoms with Crippen LogP contribution in [-0.4, -0.2) is 30.1 Å². The van der Waals surface area contributed by atoms with Crippen LogP contribution < -0.4 is 4.72 Å². The van der Waals surface area contributed by atoms with E-state index in [0.29, 0.717) is 0 Å². The molecule has 0 radical (unpaired) electrons. The Morgan fingerprint density at radius 2 is 1.88 bits per heavy atom. The Morgan fingerprint density at radius 3 is 2.46 bits per heavy atom. The maximum Gasteiger partial charge on any atom is 0.390 e. The van der Waals surface area contributed by atoms with Gasteiger partial charge >= 0.3 is 6.18 Å². The van der Waals surface area contributed by atoms with Crippen molar-refractivity contribution in [2.24, 2.45) is 0 Å². The molecule has 0 atom stereocenters. The first kappa shape index (κ1) is 21.2. The topological polar surface area (TPSA) is 81.1 Å². The molecule has 0 saturated carbocycles. The number of carbonyl (C=O) groups excluding carboxylic acids is 1. The second-order valence-corrected chi connectivity index (χ2v) is 8.42. The van der Waals surface area contributed by atoms with Crippen molar-refractivity contribution in [2.45, 2.75) is 24.0 Å². The number of imidazole rings is 1. The second kappa shape index (κ2) is 7.87. The Bertz CT molecular complexity index is 948. The highest BCUT2D eigenvalue weighted by molar-refractivity contribution is 9.11. The predicted molar refractivity (Wildman–Crippen MR) is 94.4 cm³/mol. The second-order valence-electron chi connectivity index (χ2n) is 4.90. The van der Waals surface area contributed by atoms with Crippen molar-refractivity contribution < 1.29 is 26.4 Å². The summed E-state index contributed by atoms with van der Waals surface area (Å²) in [5.41, 5.74) is -0.394. The highest BCUT2D eigenvalue weighted by Crippen LogP contribution is 2.27. The number of nitrogens with one attached hydrogen (secondary N) is 1. The third kappa shape index (κ3) is 4.99. The van der Waals surface area contributed by atoms with Crippen molar-refractivity contribution in [1.82, 2.24) is 14.3 Å². The number of aromatic nitrogens is 2. The quantitative estimate of drug-likeness (QED) is 0.620. The van der Waals surface area contributed by atoms with E-state index >= 15 is 0 Å². The van der Waals surface area contributed by atoms with Gasteiger partial charge in [-0.15, -0.1) is 0 Å². The molecule has 0 bridgehead atoms. The first-order valence-electron chi connectivity index (χ1n) is 6.72. The lowest BCUT2D eigenvalue weighted by atomic mass is 10.4. The summed E-state index contributed by atoms with van der Waals surface area (Å²) in [6.45, 7) is -0.512. The van der Waals surface area contributed by atoms with E-state index in [9.17, 15) is 26.4 Å². The third-order valence-corrected chi connectivity index (χ3v) is 6.29. The smallest absolute Gasteiger partial charge is 0.312 e. The van der Waals surface area contributed by atoms with Gasteiger partial charge in [0.15, 0.2) is 10.4 Å². The van der Waals surface area contributed by atoms with Gasteiger partial charge in [0.2, 0.25) is 0 Å². The summed E-state index contributed by atoms with van der Waals surface area (Å²) in [5, 5.41) is -0.0937. The molecule has 1 heterocycles. The number of rotatable bonds is 5. The van der Waals surface area contributed by atoms with E-state index in [1.54, 1.807) is 4.72 Å². The van der Waals surface area contributed by atoms with Crippen LogP contribution in [0.5, 0.6) is 0 Å². The minimum Gasteiger partial charge on any atom is -0.312 e. The monoisotopic (exact) mass is 537 g/mol. The van der Waals surface area contributed by atoms with Gasteiger partial charge in [-0.1, -0.05) is 23.7 Å². The third-order valence-electron chi connectivity index (χ3n) is 3.05. The summed E-state index contributed by atoms with van der Waals surface area (Å²) in [7, 11) is -4.29. The molecule has 0 aliphatic heterocycles. The van der Waals surface area contributed by atoms with Crippen molar-refractivity contribution in [3.05, 3.63) is 44.3 Å². The Morgan fingerprint density at radius 1 is 1.27 bits per heavy atom. The Hall–Kier alpha value is -1.11. The van der Waals surface area contributed by atoms with Crippen LogP contribution in [0.4, 0.5) is 13.2 Å². The number of hydrogen-bond acceptors (Lipinski definition) is 4. The molecule has 26 heavy (non-hydrogen) atoms. The van der Waals surface area contributed by atoms with Gasteiger partial charge in [-0.25, -0.2) is 18.1 Å². The van der Waals surface area contributed by atoms with Crippen molar-refractivity contribution in [3.63, 3.8) is 0 Å². The number of alkyl halides is 3. The van der Waals surface area contributed by atoms with Gasteiger partial charge in [0.05, 0.1) is 11.4 Å². The normalized spacial score (nSPS) is 12.2. The Balaban J connectivity index is 2.27. The summed E-state index contributed by atoms with van der Waals surface area (Å²) in [5.74, 6) is -1.12. The fraction of sp³-hybridized carbons (Fsp3) is 0.231. The average Bonchev–Trinajstić information content (AvgIpc) is 2.79. The molecular weight excluding hydrogens is 530 g/mol. The summed E-state index contributed by atoms with van der Waals surface area (Å²) < 4.78 is 64.4. The van der Waals surface area contributed by atoms with Crippen LogP contribution in [0.25, 0.3) is 0 Å². The zero-order valence-electron chi connectivity index (χ0n) is 12.5. The fourth-order valence-corrected chi connectivity index (χ4v) is 4.73. The summed E-state index contributed by atoms with van der Waals surface area (Å²) in [4.78, 5) is 15.7. The van der Waals surface area contributed by atoms with Crippen LogP contribution in [0.3, 0.4) is 0 Å². The standard InChI is InChI=1S/C13H9Br2ClF3N3O3S/c14-10-9(20-12(15)22(10)6-5-13(17,18)19)11(23)21-26(24,25)8-4-2-1-3-7(8)16/h1-4H,5-6H2,(H,21,23). The maximum absolute atomic E-state index is 12.4. The Labute approximate surface area is 168 Å². The van der Waals surface area contributed by atoms with Gasteiger partial charge < -0.3 is 4.57 Å². The van der Waals surface area contributed by atoms with Gasteiger partial charge in [-0.3, -0.25) is 4.79 Å². The first-order chi connectivity index (χ1) is 11.9. The lowest BCUT2D eigenvalue weighted by Gasteiger charge is -2.09. The highest BCUT2D eigenvalue weighted by atomic mass is 79.9. The number of amides is 1. The molecule has 1 aromatic heterocycles. The Kier molecular flexibility index (Phi) is 6.41. The van der Waals surface area contributed by atoms with E-state index in [2.05, 4.69) is 36.8 Å². The lowest BCUT2D eigenvalue weighted by Crippen LogP contribution is -2.31. The number of halogens is 6. The molecular formula is C13H9Br2ClF3N3O3S. The summed E-state index contributed by atoms with van der Waals surface area (Å²) in [6.07, 6.45) is -5.56. The largest absolute Gasteiger partial charge is 0.390 e. The molecule has 1 aromatic carbocycles. The zero-order chi connectivity index (χ0) is 19.7. The van der Waals surface area contributed by atoms with E-state index in [-0.39, 0.29) is 19.3 Å². The van der Waals surface area contributed by atoms with Crippen molar-refractivity contribution in [2.75, 3.05) is 0 Å². The number of benzene rings is 1. The predicted octanol–water partition coefficient (Wildman–Crippen LogP) is 4.13. The van der Waals surface area contributed by atoms with Gasteiger partial charge in [-0.05, 0) is 44.0 Å². The van der Waals surface area contributed by atoms with Gasteiger partial charge in [-0.2, -0.15) is 13.2 Å². The van der Waals surface area contributed by atoms with Crippen molar-refractivity contribution in [1.29, 1.82) is 0 Å². The van der Waals surface area contributed by atoms with Crippen LogP contribution in [0.1, 0.15) is 16.9 Å². The van der Waals surface area contributed by atoms with E-state index in [0.717, 1.165) is 4.57 Å². The number of sulfonamides is 1. The molecule has 13 heteroatoms. The van der Waals surface area contributed by atoms with E-state index in [1.165, 1.54) is 24.3 Å². The van der Waals surface area contributed by atoms with Crippen LogP contribution in [-0.2, 0) is 16.6 Å². The SMILES string of the molecule is O=C(NS(=O)(=O)c1ccccc1Cl)c1nc(Br)n(CCC(F)(F)F)c1Br. The molecule has 0 unspecified atom stereocenters. The zero-order valence-corrected chi connectivity index (χ0v) is 17.3. The lowest BCUT2D eigenvalue weighted by molar-refractivity contribution is -0.136. The molecule has 2 aromatic rings. The van der Waals surface area contributed by atoms with E-state index < -0.39 is 40.8 Å². The van der Waals surface area contributed by atoms with Crippen LogP contribution in [0, 0.1) is 0 Å². The van der Waals surface area contributed by atoms with E-state index in [4.69, 9.17) is 11.6 Å². The minimum atomic E-state index is -4.40. The maximum atomic E-state index is 12.4. The molecule has 142 valence electrons. The van der Waals surface area contributed by atoms with Crippen LogP contribution >= 0.6 is 43.5 Å². The molecule has 6 nitrogen and oxygen atoms in total.